The van der Waals surface area contributed by atoms with Crippen LogP contribution in [-0.2, 0) is 24.4 Å². The Morgan fingerprint density at radius 2 is 1.69 bits per heavy atom. The van der Waals surface area contributed by atoms with Crippen LogP contribution in [-0.4, -0.2) is 9.97 Å². The minimum absolute atomic E-state index is 0.135. The average Bonchev–Trinajstić information content (AvgIpc) is 2.63. The number of rotatable bonds is 6. The summed E-state index contributed by atoms with van der Waals surface area (Å²) in [6.07, 6.45) is 0.829. The van der Waals surface area contributed by atoms with Crippen molar-refractivity contribution in [3.8, 4) is 11.1 Å². The Hall–Kier alpha value is -3.12. The van der Waals surface area contributed by atoms with E-state index in [1.54, 1.807) is 0 Å². The first-order valence-electron chi connectivity index (χ1n) is 8.50. The summed E-state index contributed by atoms with van der Waals surface area (Å²) in [5.74, 6) is 0.471. The first kappa shape index (κ1) is 17.7. The number of nitrogen functional groups attached to an aromatic ring is 3. The predicted octanol–water partition coefficient (Wildman–Crippen LogP) is 3.17. The van der Waals surface area contributed by atoms with Gasteiger partial charge in [-0.1, -0.05) is 43.3 Å². The zero-order chi connectivity index (χ0) is 18.5. The van der Waals surface area contributed by atoms with E-state index < -0.39 is 0 Å². The van der Waals surface area contributed by atoms with Gasteiger partial charge in [-0.3, -0.25) is 0 Å². The van der Waals surface area contributed by atoms with Crippen LogP contribution in [0.25, 0.3) is 11.1 Å². The number of hydrogen-bond donors (Lipinski definition) is 3. The van der Waals surface area contributed by atoms with Crippen molar-refractivity contribution in [2.45, 2.75) is 26.6 Å². The second-order valence-corrected chi connectivity index (χ2v) is 6.03. The SMILES string of the molecule is CCc1cc(-c2c(N)nc(N)nc2COCc2ccccc2)ccc1N. The third-order valence-corrected chi connectivity index (χ3v) is 4.19. The monoisotopic (exact) mass is 349 g/mol. The molecule has 0 atom stereocenters. The number of ether oxygens (including phenoxy) is 1. The van der Waals surface area contributed by atoms with Crippen LogP contribution in [0.15, 0.2) is 48.5 Å². The fourth-order valence-corrected chi connectivity index (χ4v) is 2.87. The van der Waals surface area contributed by atoms with Gasteiger partial charge >= 0.3 is 0 Å². The highest BCUT2D eigenvalue weighted by molar-refractivity contribution is 5.78. The topological polar surface area (TPSA) is 113 Å². The standard InChI is InChI=1S/C20H23N5O/c1-2-14-10-15(8-9-16(14)21)18-17(24-20(23)25-19(18)22)12-26-11-13-6-4-3-5-7-13/h3-10H,2,11-12,21H2,1H3,(H4,22,23,24,25). The van der Waals surface area contributed by atoms with Gasteiger partial charge < -0.3 is 21.9 Å². The molecule has 0 aliphatic carbocycles. The van der Waals surface area contributed by atoms with Crippen LogP contribution >= 0.6 is 0 Å². The molecule has 0 bridgehead atoms. The molecule has 1 heterocycles. The van der Waals surface area contributed by atoms with Gasteiger partial charge in [0, 0.05) is 11.3 Å². The highest BCUT2D eigenvalue weighted by Crippen LogP contribution is 2.31. The van der Waals surface area contributed by atoms with Gasteiger partial charge in [0.1, 0.15) is 5.82 Å². The van der Waals surface area contributed by atoms with Crippen molar-refractivity contribution in [2.24, 2.45) is 0 Å². The molecule has 3 aromatic rings. The molecule has 2 aromatic carbocycles. The summed E-state index contributed by atoms with van der Waals surface area (Å²) in [5.41, 5.74) is 23.2. The number of benzene rings is 2. The number of anilines is 3. The Labute approximate surface area is 153 Å². The van der Waals surface area contributed by atoms with Crippen molar-refractivity contribution >= 4 is 17.5 Å². The van der Waals surface area contributed by atoms with E-state index in [4.69, 9.17) is 21.9 Å². The smallest absolute Gasteiger partial charge is 0.222 e. The molecule has 0 saturated heterocycles. The third kappa shape index (κ3) is 3.92. The molecule has 6 N–H and O–H groups in total. The van der Waals surface area contributed by atoms with E-state index in [-0.39, 0.29) is 12.6 Å². The highest BCUT2D eigenvalue weighted by atomic mass is 16.5. The van der Waals surface area contributed by atoms with Crippen molar-refractivity contribution in [3.05, 3.63) is 65.4 Å². The summed E-state index contributed by atoms with van der Waals surface area (Å²) in [7, 11) is 0. The molecule has 0 radical (unpaired) electrons. The van der Waals surface area contributed by atoms with Gasteiger partial charge in [-0.15, -0.1) is 0 Å². The zero-order valence-corrected chi connectivity index (χ0v) is 14.8. The number of nitrogens with zero attached hydrogens (tertiary/aromatic N) is 2. The predicted molar refractivity (Wildman–Crippen MR) is 105 cm³/mol. The van der Waals surface area contributed by atoms with Crippen molar-refractivity contribution in [3.63, 3.8) is 0 Å². The van der Waals surface area contributed by atoms with Gasteiger partial charge in [0.05, 0.1) is 18.9 Å². The lowest BCUT2D eigenvalue weighted by atomic mass is 10.00. The zero-order valence-electron chi connectivity index (χ0n) is 14.8. The molecule has 6 heteroatoms. The molecule has 1 aromatic heterocycles. The molecule has 0 fully saturated rings. The van der Waals surface area contributed by atoms with Gasteiger partial charge in [0.25, 0.3) is 0 Å². The lowest BCUT2D eigenvalue weighted by Gasteiger charge is -2.14. The summed E-state index contributed by atoms with van der Waals surface area (Å²) in [5, 5.41) is 0. The van der Waals surface area contributed by atoms with Crippen molar-refractivity contribution in [1.82, 2.24) is 9.97 Å². The van der Waals surface area contributed by atoms with E-state index in [0.717, 1.165) is 34.4 Å². The van der Waals surface area contributed by atoms with Crippen LogP contribution < -0.4 is 17.2 Å². The maximum absolute atomic E-state index is 6.15. The molecule has 6 nitrogen and oxygen atoms in total. The summed E-state index contributed by atoms with van der Waals surface area (Å²) in [4.78, 5) is 8.46. The number of aromatic nitrogens is 2. The van der Waals surface area contributed by atoms with Crippen LogP contribution in [0.1, 0.15) is 23.7 Å². The largest absolute Gasteiger partial charge is 0.399 e. The Morgan fingerprint density at radius 3 is 2.42 bits per heavy atom. The molecule has 134 valence electrons. The Bertz CT molecular complexity index is 896. The number of hydrogen-bond acceptors (Lipinski definition) is 6. The van der Waals surface area contributed by atoms with Gasteiger partial charge in [0.15, 0.2) is 0 Å². The Kier molecular flexibility index (Phi) is 5.34. The summed E-state index contributed by atoms with van der Waals surface area (Å²) in [6.45, 7) is 2.82. The summed E-state index contributed by atoms with van der Waals surface area (Å²) in [6, 6.07) is 15.8. The van der Waals surface area contributed by atoms with Crippen molar-refractivity contribution in [1.29, 1.82) is 0 Å². The average molecular weight is 349 g/mol. The minimum Gasteiger partial charge on any atom is -0.399 e. The molecule has 26 heavy (non-hydrogen) atoms. The maximum atomic E-state index is 6.15. The van der Waals surface area contributed by atoms with Crippen molar-refractivity contribution in [2.75, 3.05) is 17.2 Å². The van der Waals surface area contributed by atoms with Gasteiger partial charge in [-0.05, 0) is 35.2 Å². The molecular formula is C20H23N5O. The lowest BCUT2D eigenvalue weighted by Crippen LogP contribution is -2.08. The summed E-state index contributed by atoms with van der Waals surface area (Å²) < 4.78 is 5.83. The number of nitrogens with two attached hydrogens (primary N) is 3. The molecule has 0 aliphatic heterocycles. The minimum atomic E-state index is 0.135. The van der Waals surface area contributed by atoms with E-state index in [0.29, 0.717) is 18.1 Å². The second kappa shape index (κ2) is 7.84. The van der Waals surface area contributed by atoms with Crippen LogP contribution in [0.2, 0.25) is 0 Å². The van der Waals surface area contributed by atoms with Crippen LogP contribution in [0, 0.1) is 0 Å². The van der Waals surface area contributed by atoms with Gasteiger partial charge in [-0.2, -0.15) is 4.98 Å². The molecule has 0 saturated carbocycles. The third-order valence-electron chi connectivity index (χ3n) is 4.19. The quantitative estimate of drug-likeness (QED) is 0.589. The van der Waals surface area contributed by atoms with Crippen LogP contribution in [0.4, 0.5) is 17.5 Å². The highest BCUT2D eigenvalue weighted by Gasteiger charge is 2.15. The van der Waals surface area contributed by atoms with Crippen molar-refractivity contribution < 1.29 is 4.74 Å². The number of aryl methyl sites for hydroxylation is 1. The van der Waals surface area contributed by atoms with E-state index in [1.807, 2.05) is 48.5 Å². The molecule has 0 unspecified atom stereocenters. The van der Waals surface area contributed by atoms with Gasteiger partial charge in [-0.25, -0.2) is 4.98 Å². The summed E-state index contributed by atoms with van der Waals surface area (Å²) >= 11 is 0. The first-order valence-corrected chi connectivity index (χ1v) is 8.50. The molecule has 0 aliphatic rings. The Morgan fingerprint density at radius 1 is 0.923 bits per heavy atom. The first-order chi connectivity index (χ1) is 12.6. The van der Waals surface area contributed by atoms with E-state index in [1.165, 1.54) is 0 Å². The van der Waals surface area contributed by atoms with E-state index in [2.05, 4.69) is 16.9 Å². The molecule has 3 rings (SSSR count). The fourth-order valence-electron chi connectivity index (χ4n) is 2.87. The lowest BCUT2D eigenvalue weighted by molar-refractivity contribution is 0.105. The molecule has 0 amide bonds. The van der Waals surface area contributed by atoms with Gasteiger partial charge in [0.2, 0.25) is 5.95 Å². The molecular weight excluding hydrogens is 326 g/mol. The fraction of sp³-hybridized carbons (Fsp3) is 0.200. The maximum Gasteiger partial charge on any atom is 0.222 e. The van der Waals surface area contributed by atoms with Crippen LogP contribution in [0.5, 0.6) is 0 Å². The molecule has 0 spiro atoms. The van der Waals surface area contributed by atoms with E-state index >= 15 is 0 Å². The second-order valence-electron chi connectivity index (χ2n) is 6.03. The van der Waals surface area contributed by atoms with E-state index in [9.17, 15) is 0 Å². The normalized spacial score (nSPS) is 10.8. The Balaban J connectivity index is 1.90. The van der Waals surface area contributed by atoms with Crippen LogP contribution in [0.3, 0.4) is 0 Å².